The van der Waals surface area contributed by atoms with E-state index >= 15 is 0 Å². The number of benzene rings is 1. The van der Waals surface area contributed by atoms with E-state index in [0.717, 1.165) is 17.1 Å². The summed E-state index contributed by atoms with van der Waals surface area (Å²) in [6, 6.07) is 8.65. The van der Waals surface area contributed by atoms with Gasteiger partial charge in [-0.25, -0.2) is 4.39 Å². The lowest BCUT2D eigenvalue weighted by molar-refractivity contribution is 0.410. The first-order valence-electron chi connectivity index (χ1n) is 6.55. The van der Waals surface area contributed by atoms with Gasteiger partial charge in [0.15, 0.2) is 0 Å². The van der Waals surface area contributed by atoms with Crippen molar-refractivity contribution in [1.29, 1.82) is 0 Å². The number of aromatic nitrogens is 1. The topological polar surface area (TPSA) is 34.1 Å². The third kappa shape index (κ3) is 3.07. The van der Waals surface area contributed by atoms with Crippen LogP contribution in [0.2, 0.25) is 0 Å². The number of anilines is 1. The molecule has 0 saturated carbocycles. The number of pyridine rings is 1. The molecular weight excluding hydrogens is 255 g/mol. The van der Waals surface area contributed by atoms with Crippen LogP contribution >= 0.6 is 0 Å². The fourth-order valence-electron chi connectivity index (χ4n) is 2.14. The predicted octanol–water partition coefficient (Wildman–Crippen LogP) is 4.02. The van der Waals surface area contributed by atoms with Gasteiger partial charge in [-0.1, -0.05) is 6.07 Å². The van der Waals surface area contributed by atoms with Gasteiger partial charge in [0.1, 0.15) is 11.6 Å². The summed E-state index contributed by atoms with van der Waals surface area (Å²) in [4.78, 5) is 4.39. The fourth-order valence-corrected chi connectivity index (χ4v) is 2.14. The van der Waals surface area contributed by atoms with Crippen LogP contribution < -0.4 is 10.1 Å². The molecule has 0 saturated heterocycles. The van der Waals surface area contributed by atoms with Gasteiger partial charge in [0.25, 0.3) is 0 Å². The third-order valence-electron chi connectivity index (χ3n) is 3.27. The van der Waals surface area contributed by atoms with Crippen molar-refractivity contribution in [3.05, 3.63) is 53.1 Å². The molecule has 106 valence electrons. The minimum Gasteiger partial charge on any atom is -0.497 e. The molecule has 1 aromatic heterocycles. The van der Waals surface area contributed by atoms with Gasteiger partial charge in [-0.2, -0.15) is 0 Å². The number of halogens is 1. The van der Waals surface area contributed by atoms with Crippen LogP contribution in [0.15, 0.2) is 30.3 Å². The van der Waals surface area contributed by atoms with Gasteiger partial charge < -0.3 is 10.1 Å². The largest absolute Gasteiger partial charge is 0.497 e. The molecule has 20 heavy (non-hydrogen) atoms. The van der Waals surface area contributed by atoms with Crippen LogP contribution in [0.1, 0.15) is 29.9 Å². The Morgan fingerprint density at radius 3 is 2.55 bits per heavy atom. The van der Waals surface area contributed by atoms with Crippen molar-refractivity contribution in [2.45, 2.75) is 26.8 Å². The summed E-state index contributed by atoms with van der Waals surface area (Å²) in [5, 5.41) is 3.29. The van der Waals surface area contributed by atoms with Crippen molar-refractivity contribution in [3.8, 4) is 5.75 Å². The first-order chi connectivity index (χ1) is 9.51. The lowest BCUT2D eigenvalue weighted by Gasteiger charge is -2.18. The van der Waals surface area contributed by atoms with Crippen LogP contribution in [0, 0.1) is 19.7 Å². The molecule has 0 aliphatic heterocycles. The summed E-state index contributed by atoms with van der Waals surface area (Å²) in [6.45, 7) is 5.81. The standard InChI is InChI=1S/C16H19FN2O/c1-10-5-8-16(12(3)18-10)19-11(2)14-7-6-13(20-4)9-15(14)17/h5-9,11,19H,1-4H3. The van der Waals surface area contributed by atoms with Crippen molar-refractivity contribution in [3.63, 3.8) is 0 Å². The maximum Gasteiger partial charge on any atom is 0.132 e. The number of rotatable bonds is 4. The Morgan fingerprint density at radius 1 is 1.20 bits per heavy atom. The molecule has 0 amide bonds. The number of hydrogen-bond acceptors (Lipinski definition) is 3. The second kappa shape index (κ2) is 5.90. The normalized spacial score (nSPS) is 12.1. The van der Waals surface area contributed by atoms with Gasteiger partial charge >= 0.3 is 0 Å². The highest BCUT2D eigenvalue weighted by Gasteiger charge is 2.13. The Hall–Kier alpha value is -2.10. The van der Waals surface area contributed by atoms with Gasteiger partial charge in [-0.05, 0) is 39.0 Å². The van der Waals surface area contributed by atoms with E-state index in [1.807, 2.05) is 32.9 Å². The summed E-state index contributed by atoms with van der Waals surface area (Å²) >= 11 is 0. The lowest BCUT2D eigenvalue weighted by atomic mass is 10.1. The second-order valence-corrected chi connectivity index (χ2v) is 4.84. The molecule has 2 aromatic rings. The Morgan fingerprint density at radius 2 is 1.95 bits per heavy atom. The summed E-state index contributed by atoms with van der Waals surface area (Å²) in [6.07, 6.45) is 0. The SMILES string of the molecule is COc1ccc(C(C)Nc2ccc(C)nc2C)c(F)c1. The van der Waals surface area contributed by atoms with E-state index in [1.165, 1.54) is 13.2 Å². The average molecular weight is 274 g/mol. The zero-order valence-corrected chi connectivity index (χ0v) is 12.2. The van der Waals surface area contributed by atoms with Gasteiger partial charge in [-0.3, -0.25) is 4.98 Å². The predicted molar refractivity (Wildman–Crippen MR) is 78.7 cm³/mol. The molecule has 0 aliphatic rings. The molecule has 3 nitrogen and oxygen atoms in total. The zero-order valence-electron chi connectivity index (χ0n) is 12.2. The summed E-state index contributed by atoms with van der Waals surface area (Å²) in [5.74, 6) is 0.244. The molecule has 2 rings (SSSR count). The Balaban J connectivity index is 2.21. The minimum atomic E-state index is -0.276. The maximum atomic E-state index is 14.0. The number of hydrogen-bond donors (Lipinski definition) is 1. The Labute approximate surface area is 118 Å². The highest BCUT2D eigenvalue weighted by Crippen LogP contribution is 2.25. The molecule has 1 atom stereocenters. The molecule has 1 unspecified atom stereocenters. The number of nitrogens with zero attached hydrogens (tertiary/aromatic N) is 1. The maximum absolute atomic E-state index is 14.0. The van der Waals surface area contributed by atoms with Crippen molar-refractivity contribution in [2.75, 3.05) is 12.4 Å². The zero-order chi connectivity index (χ0) is 14.7. The fraction of sp³-hybridized carbons (Fsp3) is 0.312. The number of methoxy groups -OCH3 is 1. The van der Waals surface area contributed by atoms with E-state index in [0.29, 0.717) is 11.3 Å². The van der Waals surface area contributed by atoms with E-state index < -0.39 is 0 Å². The van der Waals surface area contributed by atoms with Gasteiger partial charge in [0.05, 0.1) is 24.5 Å². The van der Waals surface area contributed by atoms with Gasteiger partial charge in [-0.15, -0.1) is 0 Å². The first-order valence-corrected chi connectivity index (χ1v) is 6.55. The quantitative estimate of drug-likeness (QED) is 0.914. The summed E-state index contributed by atoms with van der Waals surface area (Å²) in [7, 11) is 1.53. The van der Waals surface area contributed by atoms with E-state index in [4.69, 9.17) is 4.74 Å². The molecule has 0 fully saturated rings. The molecule has 1 aromatic carbocycles. The van der Waals surface area contributed by atoms with Crippen LogP contribution in [0.25, 0.3) is 0 Å². The number of ether oxygens (including phenoxy) is 1. The molecular formula is C16H19FN2O. The van der Waals surface area contributed by atoms with Crippen LogP contribution in [-0.2, 0) is 0 Å². The highest BCUT2D eigenvalue weighted by atomic mass is 19.1. The molecule has 0 aliphatic carbocycles. The molecule has 4 heteroatoms. The van der Waals surface area contributed by atoms with Crippen LogP contribution in [0.3, 0.4) is 0 Å². The van der Waals surface area contributed by atoms with Crippen molar-refractivity contribution < 1.29 is 9.13 Å². The van der Waals surface area contributed by atoms with Crippen molar-refractivity contribution in [2.24, 2.45) is 0 Å². The first kappa shape index (κ1) is 14.3. The monoisotopic (exact) mass is 274 g/mol. The van der Waals surface area contributed by atoms with E-state index in [9.17, 15) is 4.39 Å². The van der Waals surface area contributed by atoms with E-state index in [-0.39, 0.29) is 11.9 Å². The van der Waals surface area contributed by atoms with Crippen molar-refractivity contribution >= 4 is 5.69 Å². The third-order valence-corrected chi connectivity index (χ3v) is 3.27. The van der Waals surface area contributed by atoms with Crippen LogP contribution in [0.5, 0.6) is 5.75 Å². The Kier molecular flexibility index (Phi) is 4.23. The van der Waals surface area contributed by atoms with Crippen LogP contribution in [-0.4, -0.2) is 12.1 Å². The summed E-state index contributed by atoms with van der Waals surface area (Å²) in [5.41, 5.74) is 3.39. The average Bonchev–Trinajstić information content (AvgIpc) is 2.41. The smallest absolute Gasteiger partial charge is 0.132 e. The number of nitrogens with one attached hydrogen (secondary N) is 1. The second-order valence-electron chi connectivity index (χ2n) is 4.84. The number of aryl methyl sites for hydroxylation is 2. The highest BCUT2D eigenvalue weighted by molar-refractivity contribution is 5.49. The molecule has 0 spiro atoms. The molecule has 1 N–H and O–H groups in total. The molecule has 0 bridgehead atoms. The van der Waals surface area contributed by atoms with Gasteiger partial charge in [0, 0.05) is 17.3 Å². The van der Waals surface area contributed by atoms with Gasteiger partial charge in [0.2, 0.25) is 0 Å². The summed E-state index contributed by atoms with van der Waals surface area (Å²) < 4.78 is 19.0. The lowest BCUT2D eigenvalue weighted by Crippen LogP contribution is -2.10. The molecule has 1 heterocycles. The minimum absolute atomic E-state index is 0.149. The van der Waals surface area contributed by atoms with E-state index in [2.05, 4.69) is 10.3 Å². The molecule has 0 radical (unpaired) electrons. The van der Waals surface area contributed by atoms with Crippen molar-refractivity contribution in [1.82, 2.24) is 4.98 Å². The Bertz CT molecular complexity index is 613. The van der Waals surface area contributed by atoms with E-state index in [1.54, 1.807) is 12.1 Å². The van der Waals surface area contributed by atoms with Crippen LogP contribution in [0.4, 0.5) is 10.1 Å².